The van der Waals surface area contributed by atoms with Crippen LogP contribution in [0, 0.1) is 0 Å². The van der Waals surface area contributed by atoms with Crippen LogP contribution in [0.25, 0.3) is 0 Å². The van der Waals surface area contributed by atoms with E-state index in [9.17, 15) is 54.2 Å². The van der Waals surface area contributed by atoms with Gasteiger partial charge in [0.2, 0.25) is 0 Å². The Bertz CT molecular complexity index is 1450. The highest BCUT2D eigenvalue weighted by atomic mass is 31.2. The molecule has 17 heteroatoms. The van der Waals surface area contributed by atoms with Gasteiger partial charge in [0.15, 0.2) is 0 Å². The van der Waals surface area contributed by atoms with Crippen molar-refractivity contribution in [2.45, 2.75) is 43.2 Å². The molecule has 2 aromatic carbocycles. The third-order valence-electron chi connectivity index (χ3n) is 8.64. The maximum atomic E-state index is 13.2. The Morgan fingerprint density at radius 3 is 1.73 bits per heavy atom. The van der Waals surface area contributed by atoms with Gasteiger partial charge in [-0.1, -0.05) is 60.7 Å². The van der Waals surface area contributed by atoms with Gasteiger partial charge in [0.05, 0.1) is 37.7 Å². The van der Waals surface area contributed by atoms with Crippen molar-refractivity contribution in [2.24, 2.45) is 0 Å². The summed E-state index contributed by atoms with van der Waals surface area (Å²) in [4.78, 5) is 62.4. The molecule has 2 aromatic rings. The Kier molecular flexibility index (Phi) is 15.7. The van der Waals surface area contributed by atoms with E-state index < -0.39 is 88.9 Å². The number of aliphatic carboxylic acids is 4. The second kappa shape index (κ2) is 19.5. The minimum Gasteiger partial charge on any atom is -0.875 e. The van der Waals surface area contributed by atoms with Crippen LogP contribution in [0.5, 0.6) is 0 Å². The van der Waals surface area contributed by atoms with E-state index in [0.717, 1.165) is 16.0 Å². The summed E-state index contributed by atoms with van der Waals surface area (Å²) in [5.74, 6) is -6.64. The molecule has 3 rings (SSSR count). The number of phosphoric ester groups is 1. The Hall–Kier alpha value is -4.15. The van der Waals surface area contributed by atoms with E-state index in [1.165, 1.54) is 9.80 Å². The van der Waals surface area contributed by atoms with Crippen LogP contribution >= 0.6 is 7.82 Å². The molecule has 2 unspecified atom stereocenters. The molecule has 0 aromatic heterocycles. The van der Waals surface area contributed by atoms with Crippen LogP contribution in [0.2, 0.25) is 0 Å². The van der Waals surface area contributed by atoms with Gasteiger partial charge in [-0.2, -0.15) is 0 Å². The maximum absolute atomic E-state index is 13.2. The summed E-state index contributed by atoms with van der Waals surface area (Å²) in [6.07, 6.45) is 1.05. The lowest BCUT2D eigenvalue weighted by molar-refractivity contribution is -0.311. The highest BCUT2D eigenvalue weighted by molar-refractivity contribution is 7.45. The normalized spacial score (nSPS) is 16.5. The van der Waals surface area contributed by atoms with Gasteiger partial charge in [-0.25, -0.2) is 0 Å². The summed E-state index contributed by atoms with van der Waals surface area (Å²) in [6.45, 7) is -2.07. The summed E-state index contributed by atoms with van der Waals surface area (Å²) in [7, 11) is -5.10. The van der Waals surface area contributed by atoms with Crippen LogP contribution in [0.3, 0.4) is 0 Å². The largest absolute Gasteiger partial charge is 0.875 e. The SMILES string of the molecule is C=C([O-])CN(CCN(CC(=O)O)CC(COP(=O)([O-])OC1CCC(c2ccccc2)(c2ccccc2)CC1)N(CC(=O)[O-])CC(=O)[O-])CC(=O)O. The zero-order valence-electron chi connectivity index (χ0n) is 28.0. The van der Waals surface area contributed by atoms with Crippen molar-refractivity contribution in [1.29, 1.82) is 0 Å². The van der Waals surface area contributed by atoms with Gasteiger partial charge >= 0.3 is 11.9 Å². The summed E-state index contributed by atoms with van der Waals surface area (Å²) in [6, 6.07) is 18.3. The highest BCUT2D eigenvalue weighted by Gasteiger charge is 2.39. The van der Waals surface area contributed by atoms with Crippen molar-refractivity contribution in [3.8, 4) is 0 Å². The average molecular weight is 732 g/mol. The number of nitrogens with zero attached hydrogens (tertiary/aromatic N) is 3. The molecule has 2 N–H and O–H groups in total. The maximum Gasteiger partial charge on any atom is 0.317 e. The van der Waals surface area contributed by atoms with Crippen LogP contribution < -0.4 is 20.2 Å². The first-order chi connectivity index (χ1) is 24.1. The fourth-order valence-corrected chi connectivity index (χ4v) is 7.41. The summed E-state index contributed by atoms with van der Waals surface area (Å²) in [5, 5.41) is 53.4. The fraction of sp³-hybridized carbons (Fsp3) is 0.471. The van der Waals surface area contributed by atoms with E-state index in [1.54, 1.807) is 0 Å². The van der Waals surface area contributed by atoms with Crippen molar-refractivity contribution in [3.63, 3.8) is 0 Å². The fourth-order valence-electron chi connectivity index (χ4n) is 6.42. The smallest absolute Gasteiger partial charge is 0.317 e. The predicted octanol–water partition coefficient (Wildman–Crippen LogP) is -1.77. The molecule has 0 aliphatic heterocycles. The van der Waals surface area contributed by atoms with Crippen molar-refractivity contribution in [1.82, 2.24) is 14.7 Å². The lowest BCUT2D eigenvalue weighted by Gasteiger charge is -2.42. The number of hydrogen-bond acceptors (Lipinski definition) is 14. The van der Waals surface area contributed by atoms with Crippen LogP contribution in [0.1, 0.15) is 36.8 Å². The van der Waals surface area contributed by atoms with Gasteiger partial charge in [-0.15, -0.1) is 12.3 Å². The molecule has 0 amide bonds. The van der Waals surface area contributed by atoms with E-state index in [-0.39, 0.29) is 25.0 Å². The first-order valence-electron chi connectivity index (χ1n) is 16.2. The minimum absolute atomic E-state index is 0.159. The molecule has 1 aliphatic carbocycles. The first kappa shape index (κ1) is 41.3. The molecule has 51 heavy (non-hydrogen) atoms. The predicted molar refractivity (Wildman–Crippen MR) is 173 cm³/mol. The van der Waals surface area contributed by atoms with E-state index in [4.69, 9.17) is 9.05 Å². The van der Waals surface area contributed by atoms with Crippen LogP contribution in [-0.4, -0.2) is 120 Å². The second-order valence-electron chi connectivity index (χ2n) is 12.4. The summed E-state index contributed by atoms with van der Waals surface area (Å²) < 4.78 is 23.8. The Balaban J connectivity index is 1.77. The molecule has 280 valence electrons. The molecule has 0 saturated heterocycles. The molecule has 0 heterocycles. The highest BCUT2D eigenvalue weighted by Crippen LogP contribution is 2.49. The van der Waals surface area contributed by atoms with Gasteiger partial charge < -0.3 is 49.1 Å². The molecular weight excluding hydrogens is 689 g/mol. The van der Waals surface area contributed by atoms with Gasteiger partial charge in [0.1, 0.15) is 0 Å². The molecule has 2 atom stereocenters. The molecule has 1 fully saturated rings. The minimum atomic E-state index is -5.10. The lowest BCUT2D eigenvalue weighted by Crippen LogP contribution is -2.55. The van der Waals surface area contributed by atoms with Crippen LogP contribution in [0.4, 0.5) is 0 Å². The first-order valence-corrected chi connectivity index (χ1v) is 17.7. The topological polar surface area (TPSA) is 246 Å². The van der Waals surface area contributed by atoms with Gasteiger partial charge in [0, 0.05) is 50.7 Å². The Labute approximate surface area is 295 Å². The van der Waals surface area contributed by atoms with Gasteiger partial charge in [-0.3, -0.25) is 28.9 Å². The molecule has 0 spiro atoms. The number of benzene rings is 2. The third-order valence-corrected chi connectivity index (χ3v) is 9.66. The van der Waals surface area contributed by atoms with Crippen molar-refractivity contribution >= 4 is 31.7 Å². The van der Waals surface area contributed by atoms with E-state index in [0.29, 0.717) is 25.7 Å². The van der Waals surface area contributed by atoms with Gasteiger partial charge in [-0.05, 0) is 36.8 Å². The van der Waals surface area contributed by atoms with E-state index in [1.807, 2.05) is 60.7 Å². The number of hydrogen-bond donors (Lipinski definition) is 2. The van der Waals surface area contributed by atoms with E-state index in [2.05, 4.69) is 6.58 Å². The Morgan fingerprint density at radius 1 is 0.804 bits per heavy atom. The number of rotatable bonds is 23. The van der Waals surface area contributed by atoms with Crippen LogP contribution in [0.15, 0.2) is 73.0 Å². The second-order valence-corrected chi connectivity index (χ2v) is 13.8. The molecule has 0 bridgehead atoms. The van der Waals surface area contributed by atoms with Crippen molar-refractivity contribution < 1.29 is 63.2 Å². The number of carbonyl (C=O) groups excluding carboxylic acids is 2. The zero-order valence-corrected chi connectivity index (χ0v) is 28.9. The Morgan fingerprint density at radius 2 is 1.27 bits per heavy atom. The van der Waals surface area contributed by atoms with Gasteiger partial charge in [0.25, 0.3) is 7.82 Å². The zero-order chi connectivity index (χ0) is 37.6. The quantitative estimate of drug-likeness (QED) is 0.0949. The molecule has 1 saturated carbocycles. The number of carboxylic acid groups (broad SMARTS) is 4. The average Bonchev–Trinajstić information content (AvgIpc) is 3.05. The number of phosphoric acid groups is 1. The lowest BCUT2D eigenvalue weighted by atomic mass is 9.65. The standard InChI is InChI=1S/C34H46N3O13P/c1-25(38)18-35(20-30(39)40)16-17-36(21-31(41)42)19-28(37(22-32(43)44)23-33(45)46)24-49-51(47,48)50-29-12-14-34(15-13-29,26-8-4-2-5-9-26)27-10-6-3-7-11-27/h2-11,28-29,38H,1,12-24H2,(H,39,40)(H,41,42)(H,43,44)(H,45,46)(H,47,48)/p-4. The van der Waals surface area contributed by atoms with Crippen molar-refractivity contribution in [3.05, 3.63) is 84.1 Å². The molecule has 0 radical (unpaired) electrons. The molecule has 16 nitrogen and oxygen atoms in total. The molecule has 1 aliphatic rings. The molecular formula is C34H42N3O13P-4. The van der Waals surface area contributed by atoms with Crippen molar-refractivity contribution in [2.75, 3.05) is 59.0 Å². The number of carbonyl (C=O) groups is 4. The summed E-state index contributed by atoms with van der Waals surface area (Å²) >= 11 is 0. The van der Waals surface area contributed by atoms with E-state index >= 15 is 0 Å². The van der Waals surface area contributed by atoms with Crippen LogP contribution in [-0.2, 0) is 38.2 Å². The number of carboxylic acids is 4. The third kappa shape index (κ3) is 13.8. The monoisotopic (exact) mass is 731 g/mol. The summed E-state index contributed by atoms with van der Waals surface area (Å²) in [5.41, 5.74) is 1.77.